The summed E-state index contributed by atoms with van der Waals surface area (Å²) in [6.45, 7) is 0. The van der Waals surface area contributed by atoms with Crippen LogP contribution in [0.3, 0.4) is 0 Å². The fourth-order valence-corrected chi connectivity index (χ4v) is 4.89. The Kier molecular flexibility index (Phi) is 3.87. The number of rotatable bonds is 2. The van der Waals surface area contributed by atoms with E-state index in [0.29, 0.717) is 23.4 Å². The van der Waals surface area contributed by atoms with Crippen LogP contribution in [0.2, 0.25) is 0 Å². The lowest BCUT2D eigenvalue weighted by Gasteiger charge is -2.43. The van der Waals surface area contributed by atoms with Gasteiger partial charge in [0.25, 0.3) is 0 Å². The van der Waals surface area contributed by atoms with Crippen molar-refractivity contribution in [1.29, 1.82) is 0 Å². The van der Waals surface area contributed by atoms with Gasteiger partial charge < -0.3 is 15.6 Å². The zero-order valence-corrected chi connectivity index (χ0v) is 14.2. The van der Waals surface area contributed by atoms with Gasteiger partial charge >= 0.3 is 0 Å². The first kappa shape index (κ1) is 15.4. The quantitative estimate of drug-likeness (QED) is 0.627. The molecule has 0 aliphatic heterocycles. The second-order valence-electron chi connectivity index (χ2n) is 7.21. The summed E-state index contributed by atoms with van der Waals surface area (Å²) in [4.78, 5) is 0. The molecule has 1 saturated carbocycles. The molecule has 0 spiro atoms. The topological polar surface area (TPSA) is 55.5 Å². The van der Waals surface area contributed by atoms with E-state index in [9.17, 15) is 5.11 Å². The van der Waals surface area contributed by atoms with E-state index in [-0.39, 0.29) is 5.75 Å². The monoisotopic (exact) mass is 323 g/mol. The zero-order chi connectivity index (χ0) is 16.7. The van der Waals surface area contributed by atoms with Crippen LogP contribution >= 0.6 is 0 Å². The highest BCUT2D eigenvalue weighted by Crippen LogP contribution is 2.53. The number of fused-ring (bicyclic) bond motifs is 3. The number of ether oxygens (including phenoxy) is 1. The number of hydrogen-bond donors (Lipinski definition) is 2. The van der Waals surface area contributed by atoms with E-state index in [1.165, 1.54) is 42.4 Å². The van der Waals surface area contributed by atoms with Gasteiger partial charge in [-0.3, -0.25) is 0 Å². The van der Waals surface area contributed by atoms with E-state index in [0.717, 1.165) is 12.2 Å². The fraction of sp³-hybridized carbons (Fsp3) is 0.429. The van der Waals surface area contributed by atoms with Gasteiger partial charge in [0.1, 0.15) is 11.5 Å². The third-order valence-corrected chi connectivity index (χ3v) is 6.05. The molecule has 3 heteroatoms. The molecule has 0 amide bonds. The van der Waals surface area contributed by atoms with Crippen molar-refractivity contribution in [3.63, 3.8) is 0 Å². The van der Waals surface area contributed by atoms with Crippen LogP contribution in [0.25, 0.3) is 0 Å². The van der Waals surface area contributed by atoms with Crippen molar-refractivity contribution in [1.82, 2.24) is 0 Å². The summed E-state index contributed by atoms with van der Waals surface area (Å²) in [6.07, 6.45) is 5.98. The standard InChI is InChI=1S/C21H25NO2/c1-24-15-9-6-13(7-10-15)18-12-14-8-11-19(23)21(22)20(14)17-5-3-2-4-16(17)18/h6-11,16-18,23H,2-5,12,22H2,1H3/t16-,17+,18-/m0/s1. The predicted octanol–water partition coefficient (Wildman–Crippen LogP) is 4.60. The maximum Gasteiger partial charge on any atom is 0.138 e. The molecule has 2 aliphatic carbocycles. The highest BCUT2D eigenvalue weighted by Gasteiger charge is 2.40. The van der Waals surface area contributed by atoms with E-state index in [1.54, 1.807) is 13.2 Å². The van der Waals surface area contributed by atoms with Crippen LogP contribution in [0.4, 0.5) is 5.69 Å². The largest absolute Gasteiger partial charge is 0.506 e. The van der Waals surface area contributed by atoms with E-state index in [4.69, 9.17) is 10.5 Å². The Morgan fingerprint density at radius 1 is 1.00 bits per heavy atom. The highest BCUT2D eigenvalue weighted by atomic mass is 16.5. The van der Waals surface area contributed by atoms with Crippen LogP contribution in [-0.4, -0.2) is 12.2 Å². The number of aromatic hydroxyl groups is 1. The van der Waals surface area contributed by atoms with Gasteiger partial charge in [-0.1, -0.05) is 31.0 Å². The molecule has 0 aromatic heterocycles. The lowest BCUT2D eigenvalue weighted by atomic mass is 9.61. The normalized spacial score (nSPS) is 25.6. The summed E-state index contributed by atoms with van der Waals surface area (Å²) in [7, 11) is 1.71. The Labute approximate surface area is 143 Å². The molecule has 3 N–H and O–H groups in total. The van der Waals surface area contributed by atoms with Gasteiger partial charge in [-0.2, -0.15) is 0 Å². The van der Waals surface area contributed by atoms with Gasteiger partial charge in [0.2, 0.25) is 0 Å². The fourth-order valence-electron chi connectivity index (χ4n) is 4.89. The van der Waals surface area contributed by atoms with Crippen molar-refractivity contribution in [3.05, 3.63) is 53.1 Å². The van der Waals surface area contributed by atoms with Crippen molar-refractivity contribution in [2.24, 2.45) is 5.92 Å². The predicted molar refractivity (Wildman–Crippen MR) is 96.7 cm³/mol. The van der Waals surface area contributed by atoms with Crippen molar-refractivity contribution in [3.8, 4) is 11.5 Å². The van der Waals surface area contributed by atoms with Crippen molar-refractivity contribution < 1.29 is 9.84 Å². The van der Waals surface area contributed by atoms with Gasteiger partial charge in [-0.25, -0.2) is 0 Å². The SMILES string of the molecule is COc1ccc([C@@H]2Cc3ccc(O)c(N)c3[C@@H]3CCCC[C@H]23)cc1. The summed E-state index contributed by atoms with van der Waals surface area (Å²) >= 11 is 0. The molecule has 2 aromatic rings. The molecule has 24 heavy (non-hydrogen) atoms. The van der Waals surface area contributed by atoms with Crippen LogP contribution in [0.1, 0.15) is 54.2 Å². The number of phenolic OH excluding ortho intramolecular Hbond substituents is 1. The Balaban J connectivity index is 1.77. The Bertz CT molecular complexity index is 738. The number of nitrogens with two attached hydrogens (primary N) is 1. The summed E-state index contributed by atoms with van der Waals surface area (Å²) in [5.74, 6) is 2.76. The highest BCUT2D eigenvalue weighted by molar-refractivity contribution is 5.63. The maximum absolute atomic E-state index is 10.1. The molecule has 4 rings (SSSR count). The maximum atomic E-state index is 10.1. The summed E-state index contributed by atoms with van der Waals surface area (Å²) in [5.41, 5.74) is 10.8. The average molecular weight is 323 g/mol. The van der Waals surface area contributed by atoms with Crippen LogP contribution < -0.4 is 10.5 Å². The van der Waals surface area contributed by atoms with Gasteiger partial charge in [-0.15, -0.1) is 0 Å². The van der Waals surface area contributed by atoms with Crippen LogP contribution in [0.5, 0.6) is 11.5 Å². The third kappa shape index (κ3) is 2.43. The minimum atomic E-state index is 0.237. The van der Waals surface area contributed by atoms with E-state index < -0.39 is 0 Å². The van der Waals surface area contributed by atoms with Gasteiger partial charge in [0, 0.05) is 0 Å². The first-order valence-electron chi connectivity index (χ1n) is 8.93. The number of phenols is 1. The minimum Gasteiger partial charge on any atom is -0.506 e. The van der Waals surface area contributed by atoms with Gasteiger partial charge in [0.15, 0.2) is 0 Å². The molecule has 126 valence electrons. The first-order chi connectivity index (χ1) is 11.7. The van der Waals surface area contributed by atoms with Crippen molar-refractivity contribution in [2.75, 3.05) is 12.8 Å². The number of benzene rings is 2. The van der Waals surface area contributed by atoms with Crippen LogP contribution in [0, 0.1) is 5.92 Å². The molecule has 0 heterocycles. The molecule has 0 bridgehead atoms. The lowest BCUT2D eigenvalue weighted by Crippen LogP contribution is -2.31. The van der Waals surface area contributed by atoms with E-state index >= 15 is 0 Å². The first-order valence-corrected chi connectivity index (χ1v) is 8.93. The zero-order valence-electron chi connectivity index (χ0n) is 14.2. The van der Waals surface area contributed by atoms with E-state index in [1.807, 2.05) is 0 Å². The molecule has 0 saturated heterocycles. The molecule has 0 unspecified atom stereocenters. The Hall–Kier alpha value is -2.16. The number of nitrogen functional groups attached to an aromatic ring is 1. The second-order valence-corrected chi connectivity index (χ2v) is 7.21. The molecule has 3 nitrogen and oxygen atoms in total. The Morgan fingerprint density at radius 3 is 2.50 bits per heavy atom. The third-order valence-electron chi connectivity index (χ3n) is 6.05. The minimum absolute atomic E-state index is 0.237. The van der Waals surface area contributed by atoms with Crippen molar-refractivity contribution >= 4 is 5.69 Å². The molecule has 0 radical (unpaired) electrons. The summed E-state index contributed by atoms with van der Waals surface area (Å²) < 4.78 is 5.30. The summed E-state index contributed by atoms with van der Waals surface area (Å²) in [6, 6.07) is 12.4. The Morgan fingerprint density at radius 2 is 1.75 bits per heavy atom. The van der Waals surface area contributed by atoms with E-state index in [2.05, 4.69) is 30.3 Å². The average Bonchev–Trinajstić information content (AvgIpc) is 2.64. The summed E-state index contributed by atoms with van der Waals surface area (Å²) in [5, 5.41) is 10.1. The molecule has 2 aromatic carbocycles. The molecule has 2 aliphatic rings. The number of hydrogen-bond acceptors (Lipinski definition) is 3. The van der Waals surface area contributed by atoms with Gasteiger partial charge in [0.05, 0.1) is 12.8 Å². The molecular weight excluding hydrogens is 298 g/mol. The smallest absolute Gasteiger partial charge is 0.138 e. The van der Waals surface area contributed by atoms with Crippen molar-refractivity contribution in [2.45, 2.75) is 43.9 Å². The molecule has 3 atom stereocenters. The lowest BCUT2D eigenvalue weighted by molar-refractivity contribution is 0.243. The number of methoxy groups -OCH3 is 1. The van der Waals surface area contributed by atoms with Gasteiger partial charge in [-0.05, 0) is 71.9 Å². The van der Waals surface area contributed by atoms with Crippen LogP contribution in [-0.2, 0) is 6.42 Å². The van der Waals surface area contributed by atoms with Crippen LogP contribution in [0.15, 0.2) is 36.4 Å². The molecule has 1 fully saturated rings. The number of anilines is 1. The second kappa shape index (κ2) is 6.04. The molecular formula is C21H25NO2.